The van der Waals surface area contributed by atoms with Gasteiger partial charge in [0.1, 0.15) is 17.7 Å². The minimum Gasteiger partial charge on any atom is -0.462 e. The summed E-state index contributed by atoms with van der Waals surface area (Å²) in [6.45, 7) is 3.03. The lowest BCUT2D eigenvalue weighted by Crippen LogP contribution is -2.38. The number of hydrogen-bond donors (Lipinski definition) is 0. The number of fused-ring (bicyclic) bond motifs is 1. The first kappa shape index (κ1) is 17.8. The van der Waals surface area contributed by atoms with E-state index in [0.717, 1.165) is 54.2 Å². The lowest BCUT2D eigenvalue weighted by molar-refractivity contribution is -0.147. The Morgan fingerprint density at radius 2 is 2.00 bits per heavy atom. The second-order valence-electron chi connectivity index (χ2n) is 6.80. The Balaban J connectivity index is 1.62. The molecule has 7 heteroatoms. The molecule has 1 aliphatic rings. The van der Waals surface area contributed by atoms with Crippen molar-refractivity contribution in [2.24, 2.45) is 7.05 Å². The first-order valence-electron chi connectivity index (χ1n) is 9.02. The van der Waals surface area contributed by atoms with Gasteiger partial charge in [-0.15, -0.1) is 0 Å². The van der Waals surface area contributed by atoms with Gasteiger partial charge in [0, 0.05) is 51.7 Å². The minimum atomic E-state index is -0.220. The van der Waals surface area contributed by atoms with Crippen molar-refractivity contribution >= 4 is 34.4 Å². The molecule has 4 rings (SSSR count). The number of piperidine rings is 1. The molecule has 1 aliphatic heterocycles. The van der Waals surface area contributed by atoms with Crippen LogP contribution in [0.2, 0.25) is 5.02 Å². The number of aryl methyl sites for hydroxylation is 1. The highest BCUT2D eigenvalue weighted by Crippen LogP contribution is 2.32. The fraction of sp³-hybridized carbons (Fsp3) is 0.350. The number of aromatic nitrogens is 3. The number of carbonyl (C=O) groups excluding carboxylic acids is 1. The van der Waals surface area contributed by atoms with E-state index < -0.39 is 0 Å². The third kappa shape index (κ3) is 3.49. The third-order valence-electron chi connectivity index (χ3n) is 4.97. The van der Waals surface area contributed by atoms with Gasteiger partial charge >= 0.3 is 5.97 Å². The predicted molar refractivity (Wildman–Crippen MR) is 106 cm³/mol. The Kier molecular flexibility index (Phi) is 4.74. The van der Waals surface area contributed by atoms with Gasteiger partial charge in [0.15, 0.2) is 0 Å². The zero-order valence-corrected chi connectivity index (χ0v) is 16.1. The molecule has 1 saturated heterocycles. The van der Waals surface area contributed by atoms with E-state index in [9.17, 15) is 4.79 Å². The van der Waals surface area contributed by atoms with Crippen LogP contribution < -0.4 is 4.90 Å². The van der Waals surface area contributed by atoms with Crippen LogP contribution in [0, 0.1) is 0 Å². The Labute approximate surface area is 162 Å². The molecule has 6 nitrogen and oxygen atoms in total. The van der Waals surface area contributed by atoms with Crippen LogP contribution in [-0.2, 0) is 16.6 Å². The number of pyridine rings is 1. The van der Waals surface area contributed by atoms with Crippen LogP contribution in [0.3, 0.4) is 0 Å². The fourth-order valence-corrected chi connectivity index (χ4v) is 3.78. The Hall–Kier alpha value is -2.60. The molecule has 140 valence electrons. The number of imidazole rings is 1. The highest BCUT2D eigenvalue weighted by atomic mass is 35.5. The molecule has 0 unspecified atom stereocenters. The highest BCUT2D eigenvalue weighted by Gasteiger charge is 2.23. The second kappa shape index (κ2) is 7.19. The number of benzene rings is 1. The normalized spacial score (nSPS) is 15.3. The Morgan fingerprint density at radius 1 is 1.26 bits per heavy atom. The molecule has 2 aromatic heterocycles. The van der Waals surface area contributed by atoms with E-state index in [1.54, 1.807) is 6.20 Å². The molecular weight excluding hydrogens is 364 g/mol. The monoisotopic (exact) mass is 384 g/mol. The average molecular weight is 385 g/mol. The van der Waals surface area contributed by atoms with E-state index in [0.29, 0.717) is 5.02 Å². The number of rotatable bonds is 3. The molecule has 0 aliphatic carbocycles. The topological polar surface area (TPSA) is 60.2 Å². The summed E-state index contributed by atoms with van der Waals surface area (Å²) in [5, 5.41) is 0.576. The number of para-hydroxylation sites is 2. The number of carbonyl (C=O) groups is 1. The molecule has 0 saturated carbocycles. The standard InChI is InChI=1S/C20H21ClN4O2/c1-13(26)27-14-7-9-25(10-8-14)19-11-15(16(21)12-22-19)20-23-17-5-3-4-6-18(17)24(20)2/h3-6,11-12,14H,7-10H2,1-2H3. The predicted octanol–water partition coefficient (Wildman–Crippen LogP) is 3.82. The van der Waals surface area contributed by atoms with Crippen molar-refractivity contribution in [2.45, 2.75) is 25.9 Å². The SMILES string of the molecule is CC(=O)OC1CCN(c2cc(-c3nc4ccccc4n3C)c(Cl)cn2)CC1. The van der Waals surface area contributed by atoms with Crippen molar-refractivity contribution in [2.75, 3.05) is 18.0 Å². The van der Waals surface area contributed by atoms with Gasteiger partial charge < -0.3 is 14.2 Å². The largest absolute Gasteiger partial charge is 0.462 e. The summed E-state index contributed by atoms with van der Waals surface area (Å²) in [6, 6.07) is 10.0. The van der Waals surface area contributed by atoms with E-state index in [1.165, 1.54) is 6.92 Å². The van der Waals surface area contributed by atoms with Gasteiger partial charge in [-0.05, 0) is 18.2 Å². The van der Waals surface area contributed by atoms with Crippen molar-refractivity contribution in [3.05, 3.63) is 41.6 Å². The van der Waals surface area contributed by atoms with Crippen LogP contribution in [0.1, 0.15) is 19.8 Å². The summed E-state index contributed by atoms with van der Waals surface area (Å²) < 4.78 is 7.37. The molecule has 0 bridgehead atoms. The van der Waals surface area contributed by atoms with Crippen LogP contribution in [0.4, 0.5) is 5.82 Å². The van der Waals surface area contributed by atoms with Crippen LogP contribution in [0.5, 0.6) is 0 Å². The van der Waals surface area contributed by atoms with Crippen LogP contribution in [0.25, 0.3) is 22.4 Å². The fourth-order valence-electron chi connectivity index (χ4n) is 3.60. The van der Waals surface area contributed by atoms with Gasteiger partial charge in [-0.25, -0.2) is 9.97 Å². The van der Waals surface area contributed by atoms with Crippen molar-refractivity contribution < 1.29 is 9.53 Å². The average Bonchev–Trinajstić information content (AvgIpc) is 2.99. The number of ether oxygens (including phenoxy) is 1. The second-order valence-corrected chi connectivity index (χ2v) is 7.21. The van der Waals surface area contributed by atoms with Gasteiger partial charge in [-0.3, -0.25) is 4.79 Å². The number of halogens is 1. The third-order valence-corrected chi connectivity index (χ3v) is 5.27. The number of hydrogen-bond acceptors (Lipinski definition) is 5. The van der Waals surface area contributed by atoms with Crippen molar-refractivity contribution in [1.29, 1.82) is 0 Å². The van der Waals surface area contributed by atoms with Gasteiger partial charge in [0.2, 0.25) is 0 Å². The molecule has 0 N–H and O–H groups in total. The molecule has 3 aromatic rings. The molecule has 0 spiro atoms. The van der Waals surface area contributed by atoms with Gasteiger partial charge in [-0.2, -0.15) is 0 Å². The summed E-state index contributed by atoms with van der Waals surface area (Å²) in [4.78, 5) is 22.6. The maximum Gasteiger partial charge on any atom is 0.302 e. The lowest BCUT2D eigenvalue weighted by atomic mass is 10.1. The highest BCUT2D eigenvalue weighted by molar-refractivity contribution is 6.33. The summed E-state index contributed by atoms with van der Waals surface area (Å²) in [5.41, 5.74) is 2.86. The van der Waals surface area contributed by atoms with E-state index in [2.05, 4.69) is 9.88 Å². The quantitative estimate of drug-likeness (QED) is 0.642. The van der Waals surface area contributed by atoms with Gasteiger partial charge in [-0.1, -0.05) is 23.7 Å². The van der Waals surface area contributed by atoms with Crippen molar-refractivity contribution in [3.63, 3.8) is 0 Å². The van der Waals surface area contributed by atoms with E-state index in [-0.39, 0.29) is 12.1 Å². The van der Waals surface area contributed by atoms with E-state index in [4.69, 9.17) is 21.3 Å². The van der Waals surface area contributed by atoms with Crippen LogP contribution >= 0.6 is 11.6 Å². The first-order chi connectivity index (χ1) is 13.0. The van der Waals surface area contributed by atoms with Crippen LogP contribution in [-0.4, -0.2) is 39.7 Å². The van der Waals surface area contributed by atoms with E-state index in [1.807, 2.05) is 41.9 Å². The molecule has 3 heterocycles. The van der Waals surface area contributed by atoms with Crippen LogP contribution in [0.15, 0.2) is 36.5 Å². The van der Waals surface area contributed by atoms with Gasteiger partial charge in [0.25, 0.3) is 0 Å². The Morgan fingerprint density at radius 3 is 2.70 bits per heavy atom. The molecule has 1 fully saturated rings. The van der Waals surface area contributed by atoms with E-state index >= 15 is 0 Å². The molecule has 1 aromatic carbocycles. The number of nitrogens with zero attached hydrogens (tertiary/aromatic N) is 4. The molecular formula is C20H21ClN4O2. The van der Waals surface area contributed by atoms with Crippen molar-refractivity contribution in [3.8, 4) is 11.4 Å². The maximum absolute atomic E-state index is 11.1. The van der Waals surface area contributed by atoms with Gasteiger partial charge in [0.05, 0.1) is 16.1 Å². The zero-order chi connectivity index (χ0) is 19.0. The summed E-state index contributed by atoms with van der Waals surface area (Å²) in [6.07, 6.45) is 3.27. The molecule has 0 radical (unpaired) electrons. The summed E-state index contributed by atoms with van der Waals surface area (Å²) in [5.74, 6) is 1.46. The lowest BCUT2D eigenvalue weighted by Gasteiger charge is -2.32. The molecule has 0 amide bonds. The zero-order valence-electron chi connectivity index (χ0n) is 15.4. The maximum atomic E-state index is 11.1. The summed E-state index contributed by atoms with van der Waals surface area (Å²) in [7, 11) is 1.99. The Bertz CT molecular complexity index is 993. The molecule has 0 atom stereocenters. The minimum absolute atomic E-state index is 0.00893. The smallest absolute Gasteiger partial charge is 0.302 e. The van der Waals surface area contributed by atoms with Crippen molar-refractivity contribution in [1.82, 2.24) is 14.5 Å². The number of esters is 1. The summed E-state index contributed by atoms with van der Waals surface area (Å²) >= 11 is 6.46. The first-order valence-corrected chi connectivity index (χ1v) is 9.40. The number of anilines is 1. The molecule has 27 heavy (non-hydrogen) atoms.